The molecule has 0 aliphatic heterocycles. The molecule has 4 nitrogen and oxygen atoms in total. The van der Waals surface area contributed by atoms with Gasteiger partial charge in [0.05, 0.1) is 0 Å². The van der Waals surface area contributed by atoms with Gasteiger partial charge in [0.1, 0.15) is 34.7 Å². The quantitative estimate of drug-likeness (QED) is 0.167. The average molecular weight is 562 g/mol. The number of carbonyl (C=O) groups is 2. The van der Waals surface area contributed by atoms with Crippen molar-refractivity contribution in [3.63, 3.8) is 0 Å². The van der Waals surface area contributed by atoms with E-state index in [1.807, 2.05) is 66.5 Å². The summed E-state index contributed by atoms with van der Waals surface area (Å²) in [6, 6.07) is 46.2. The highest BCUT2D eigenvalue weighted by molar-refractivity contribution is 7.98. The van der Waals surface area contributed by atoms with Crippen LogP contribution in [0.25, 0.3) is 0 Å². The topological polar surface area (TPSA) is 58.2 Å². The summed E-state index contributed by atoms with van der Waals surface area (Å²) in [6.45, 7) is 0. The summed E-state index contributed by atoms with van der Waals surface area (Å²) < 4.78 is 0. The highest BCUT2D eigenvalue weighted by Gasteiger charge is 2.45. The second kappa shape index (κ2) is 12.6. The van der Waals surface area contributed by atoms with Gasteiger partial charge in [-0.2, -0.15) is 0 Å². The minimum atomic E-state index is -2.58. The molecule has 0 aliphatic rings. The Morgan fingerprint density at radius 1 is 0.575 bits per heavy atom. The molecule has 2 N–H and O–H groups in total. The van der Waals surface area contributed by atoms with Gasteiger partial charge < -0.3 is 10.6 Å². The number of amides is 2. The number of rotatable bonds is 8. The number of benzene rings is 5. The Bertz CT molecular complexity index is 1510. The molecule has 0 spiro atoms. The normalized spacial score (nSPS) is 11.5. The number of carbonyl (C=O) groups excluding carboxylic acids is 2. The van der Waals surface area contributed by atoms with Crippen molar-refractivity contribution in [1.82, 2.24) is 5.32 Å². The molecule has 0 saturated carbocycles. The first kappa shape index (κ1) is 27.1. The van der Waals surface area contributed by atoms with E-state index in [-0.39, 0.29) is 11.6 Å². The van der Waals surface area contributed by atoms with Crippen molar-refractivity contribution < 1.29 is 9.59 Å². The molecule has 0 bridgehead atoms. The van der Waals surface area contributed by atoms with Gasteiger partial charge in [0.2, 0.25) is 0 Å². The van der Waals surface area contributed by atoms with Gasteiger partial charge in [0.15, 0.2) is 0 Å². The highest BCUT2D eigenvalue weighted by Crippen LogP contribution is 2.57. The molecule has 0 saturated heterocycles. The van der Waals surface area contributed by atoms with E-state index in [1.54, 1.807) is 48.5 Å². The summed E-state index contributed by atoms with van der Waals surface area (Å²) in [6.07, 6.45) is 0. The number of nitrogens with one attached hydrogen (secondary N) is 2. The predicted molar refractivity (Wildman–Crippen MR) is 167 cm³/mol. The molecule has 0 aromatic heterocycles. The van der Waals surface area contributed by atoms with E-state index in [1.165, 1.54) is 0 Å². The van der Waals surface area contributed by atoms with Crippen molar-refractivity contribution in [1.29, 1.82) is 0 Å². The van der Waals surface area contributed by atoms with E-state index in [0.717, 1.165) is 15.9 Å². The lowest BCUT2D eigenvalue weighted by molar-refractivity contribution is -0.113. The monoisotopic (exact) mass is 561 g/mol. The second-order valence-electron chi connectivity index (χ2n) is 9.05. The summed E-state index contributed by atoms with van der Waals surface area (Å²) >= 11 is 6.06. The van der Waals surface area contributed by atoms with Crippen LogP contribution in [0.15, 0.2) is 157 Å². The standard InChI is InChI=1S/C34H26ClN2O2P/c35-27-21-23-28(24-22-27)36-34(39)32(37-33(38)26-13-5-1-6-14-26)25-40(29-15-7-2-8-16-29,30-17-9-3-10-18-30)31-19-11-4-12-20-31/h1-25H,(H-,36,37,38,39)/p+1/b32-25-. The summed E-state index contributed by atoms with van der Waals surface area (Å²) in [5.74, 6) is 1.16. The fourth-order valence-corrected chi connectivity index (χ4v) is 8.48. The van der Waals surface area contributed by atoms with Crippen molar-refractivity contribution >= 4 is 52.3 Å². The Morgan fingerprint density at radius 3 is 1.45 bits per heavy atom. The Kier molecular flexibility index (Phi) is 8.51. The molecular formula is C34H27ClN2O2P+. The molecule has 196 valence electrons. The largest absolute Gasteiger partial charge is 0.321 e. The molecule has 6 heteroatoms. The minimum Gasteiger partial charge on any atom is -0.321 e. The lowest BCUT2D eigenvalue weighted by Gasteiger charge is -2.25. The third kappa shape index (κ3) is 6.05. The maximum Gasteiger partial charge on any atom is 0.275 e. The van der Waals surface area contributed by atoms with Gasteiger partial charge in [-0.05, 0) is 72.8 Å². The molecule has 0 unspecified atom stereocenters. The maximum absolute atomic E-state index is 13.9. The first-order valence-corrected chi connectivity index (χ1v) is 15.0. The van der Waals surface area contributed by atoms with Gasteiger partial charge in [-0.15, -0.1) is 0 Å². The fourth-order valence-electron chi connectivity index (χ4n) is 4.52. The lowest BCUT2D eigenvalue weighted by Crippen LogP contribution is -2.35. The van der Waals surface area contributed by atoms with Crippen LogP contribution in [0, 0.1) is 0 Å². The first-order valence-electron chi connectivity index (χ1n) is 12.8. The number of anilines is 1. The number of halogens is 1. The molecule has 5 aromatic rings. The van der Waals surface area contributed by atoms with E-state index < -0.39 is 13.2 Å². The van der Waals surface area contributed by atoms with Gasteiger partial charge in [-0.3, -0.25) is 9.59 Å². The Balaban J connectivity index is 1.72. The molecule has 5 rings (SSSR count). The summed E-state index contributed by atoms with van der Waals surface area (Å²) in [5.41, 5.74) is 1.18. The zero-order chi connectivity index (χ0) is 27.8. The summed E-state index contributed by atoms with van der Waals surface area (Å²) in [4.78, 5) is 27.3. The smallest absolute Gasteiger partial charge is 0.275 e. The van der Waals surface area contributed by atoms with E-state index in [0.29, 0.717) is 16.3 Å². The van der Waals surface area contributed by atoms with Gasteiger partial charge in [-0.1, -0.05) is 84.4 Å². The van der Waals surface area contributed by atoms with Gasteiger partial charge in [0.25, 0.3) is 11.8 Å². The van der Waals surface area contributed by atoms with E-state index in [9.17, 15) is 9.59 Å². The highest BCUT2D eigenvalue weighted by atomic mass is 35.5. The minimum absolute atomic E-state index is 0.161. The average Bonchev–Trinajstić information content (AvgIpc) is 3.02. The van der Waals surface area contributed by atoms with Crippen LogP contribution in [0.4, 0.5) is 5.69 Å². The van der Waals surface area contributed by atoms with Crippen molar-refractivity contribution in [2.45, 2.75) is 0 Å². The van der Waals surface area contributed by atoms with Crippen molar-refractivity contribution in [2.75, 3.05) is 5.32 Å². The van der Waals surface area contributed by atoms with Gasteiger partial charge in [0, 0.05) is 16.3 Å². The number of hydrogen-bond acceptors (Lipinski definition) is 2. The van der Waals surface area contributed by atoms with Crippen molar-refractivity contribution in [2.24, 2.45) is 0 Å². The molecule has 2 amide bonds. The van der Waals surface area contributed by atoms with Crippen LogP contribution in [-0.2, 0) is 4.79 Å². The van der Waals surface area contributed by atoms with E-state index >= 15 is 0 Å². The molecule has 0 atom stereocenters. The Hall–Kier alpha value is -4.50. The molecular weight excluding hydrogens is 535 g/mol. The fraction of sp³-hybridized carbons (Fsp3) is 0. The number of hydrogen-bond donors (Lipinski definition) is 2. The predicted octanol–water partition coefficient (Wildman–Crippen LogP) is 6.54. The molecule has 40 heavy (non-hydrogen) atoms. The Morgan fingerprint density at radius 2 is 1.00 bits per heavy atom. The van der Waals surface area contributed by atoms with E-state index in [4.69, 9.17) is 11.6 Å². The van der Waals surface area contributed by atoms with Crippen LogP contribution < -0.4 is 26.5 Å². The molecule has 0 fully saturated rings. The molecule has 0 heterocycles. The lowest BCUT2D eigenvalue weighted by atomic mass is 10.2. The van der Waals surface area contributed by atoms with Crippen molar-refractivity contribution in [3.05, 3.63) is 168 Å². The zero-order valence-corrected chi connectivity index (χ0v) is 23.2. The van der Waals surface area contributed by atoms with Crippen LogP contribution >= 0.6 is 18.9 Å². The SMILES string of the molecule is O=C(Nc1ccc(Cl)cc1)/C(=C/[P+](c1ccccc1)(c1ccccc1)c1ccccc1)NC(=O)c1ccccc1. The van der Waals surface area contributed by atoms with Crippen LogP contribution in [0.5, 0.6) is 0 Å². The van der Waals surface area contributed by atoms with Crippen LogP contribution in [0.1, 0.15) is 10.4 Å². The molecule has 0 radical (unpaired) electrons. The summed E-state index contributed by atoms with van der Waals surface area (Å²) in [5, 5.41) is 9.61. The zero-order valence-electron chi connectivity index (χ0n) is 21.6. The van der Waals surface area contributed by atoms with Crippen LogP contribution in [0.3, 0.4) is 0 Å². The third-order valence-electron chi connectivity index (χ3n) is 6.44. The molecule has 0 aliphatic carbocycles. The maximum atomic E-state index is 13.9. The summed E-state index contributed by atoms with van der Waals surface area (Å²) in [7, 11) is -2.58. The second-order valence-corrected chi connectivity index (χ2v) is 12.7. The third-order valence-corrected chi connectivity index (χ3v) is 10.7. The van der Waals surface area contributed by atoms with Gasteiger partial charge >= 0.3 is 0 Å². The Labute approximate surface area is 239 Å². The molecule has 5 aromatic carbocycles. The first-order chi connectivity index (χ1) is 19.6. The van der Waals surface area contributed by atoms with Crippen molar-refractivity contribution in [3.8, 4) is 0 Å². The van der Waals surface area contributed by atoms with E-state index in [2.05, 4.69) is 47.0 Å². The van der Waals surface area contributed by atoms with Crippen LogP contribution in [-0.4, -0.2) is 11.8 Å². The van der Waals surface area contributed by atoms with Gasteiger partial charge in [-0.25, -0.2) is 0 Å². The van der Waals surface area contributed by atoms with Crippen LogP contribution in [0.2, 0.25) is 5.02 Å².